The molecule has 0 spiro atoms. The lowest BCUT2D eigenvalue weighted by atomic mass is 10.2. The molecule has 148 valence electrons. The van der Waals surface area contributed by atoms with Crippen LogP contribution in [0.4, 0.5) is 5.82 Å². The van der Waals surface area contributed by atoms with Crippen LogP contribution < -0.4 is 10.1 Å². The Kier molecular flexibility index (Phi) is 5.55. The molecular formula is C21H20N4O2S2. The van der Waals surface area contributed by atoms with Gasteiger partial charge < -0.3 is 10.1 Å². The van der Waals surface area contributed by atoms with Crippen molar-refractivity contribution in [3.05, 3.63) is 59.8 Å². The standard InChI is InChI=1S/C21H20N4O2S2/c1-4-28-16-7-5-6-14(11-16)20(26)23-19-10-13(2)24-25(19)21-22-17-12-15(27-3)8-9-18(17)29-21/h5-12H,4H2,1-3H3,(H,23,26). The molecule has 0 aliphatic heterocycles. The van der Waals surface area contributed by atoms with E-state index in [1.54, 1.807) is 23.6 Å². The second-order valence-electron chi connectivity index (χ2n) is 6.33. The third-order valence-corrected chi connectivity index (χ3v) is 6.13. The van der Waals surface area contributed by atoms with E-state index >= 15 is 0 Å². The smallest absolute Gasteiger partial charge is 0.256 e. The molecule has 6 nitrogen and oxygen atoms in total. The van der Waals surface area contributed by atoms with Gasteiger partial charge in [0.2, 0.25) is 5.13 Å². The van der Waals surface area contributed by atoms with E-state index < -0.39 is 0 Å². The molecule has 8 heteroatoms. The van der Waals surface area contributed by atoms with Crippen molar-refractivity contribution >= 4 is 45.0 Å². The van der Waals surface area contributed by atoms with Gasteiger partial charge in [0.1, 0.15) is 11.6 Å². The molecule has 0 atom stereocenters. The number of hydrogen-bond acceptors (Lipinski definition) is 6. The predicted molar refractivity (Wildman–Crippen MR) is 119 cm³/mol. The van der Waals surface area contributed by atoms with Gasteiger partial charge in [-0.3, -0.25) is 4.79 Å². The molecule has 0 aliphatic carbocycles. The minimum atomic E-state index is -0.174. The fraction of sp³-hybridized carbons (Fsp3) is 0.190. The minimum absolute atomic E-state index is 0.174. The summed E-state index contributed by atoms with van der Waals surface area (Å²) in [5.74, 6) is 2.13. The Labute approximate surface area is 176 Å². The van der Waals surface area contributed by atoms with E-state index in [2.05, 4.69) is 22.3 Å². The van der Waals surface area contributed by atoms with Gasteiger partial charge in [-0.15, -0.1) is 11.8 Å². The molecule has 0 saturated heterocycles. The van der Waals surface area contributed by atoms with Crippen molar-refractivity contribution in [2.75, 3.05) is 18.2 Å². The van der Waals surface area contributed by atoms with E-state index in [9.17, 15) is 4.79 Å². The van der Waals surface area contributed by atoms with Gasteiger partial charge in [-0.05, 0) is 43.0 Å². The van der Waals surface area contributed by atoms with Crippen LogP contribution in [-0.2, 0) is 0 Å². The molecule has 2 aromatic carbocycles. The molecule has 0 saturated carbocycles. The quantitative estimate of drug-likeness (QED) is 0.433. The van der Waals surface area contributed by atoms with Gasteiger partial charge in [-0.2, -0.15) is 9.78 Å². The monoisotopic (exact) mass is 424 g/mol. The summed E-state index contributed by atoms with van der Waals surface area (Å²) < 4.78 is 7.98. The van der Waals surface area contributed by atoms with Crippen molar-refractivity contribution in [3.8, 4) is 10.9 Å². The largest absolute Gasteiger partial charge is 0.497 e. The second kappa shape index (κ2) is 8.26. The van der Waals surface area contributed by atoms with Gasteiger partial charge in [-0.1, -0.05) is 24.3 Å². The molecule has 0 radical (unpaired) electrons. The molecule has 0 bridgehead atoms. The summed E-state index contributed by atoms with van der Waals surface area (Å²) in [6, 6.07) is 15.2. The minimum Gasteiger partial charge on any atom is -0.497 e. The summed E-state index contributed by atoms with van der Waals surface area (Å²) in [4.78, 5) is 18.6. The van der Waals surface area contributed by atoms with Crippen LogP contribution in [0.2, 0.25) is 0 Å². The van der Waals surface area contributed by atoms with E-state index in [4.69, 9.17) is 4.74 Å². The van der Waals surface area contributed by atoms with Crippen molar-refractivity contribution in [1.29, 1.82) is 0 Å². The number of amides is 1. The highest BCUT2D eigenvalue weighted by molar-refractivity contribution is 7.99. The number of anilines is 1. The summed E-state index contributed by atoms with van der Waals surface area (Å²) in [5, 5.41) is 8.19. The predicted octanol–water partition coefficient (Wildman–Crippen LogP) is 5.16. The molecule has 4 rings (SSSR count). The van der Waals surface area contributed by atoms with Gasteiger partial charge in [0.05, 0.1) is 23.0 Å². The molecule has 4 aromatic rings. The van der Waals surface area contributed by atoms with Crippen LogP contribution in [-0.4, -0.2) is 33.5 Å². The number of methoxy groups -OCH3 is 1. The number of carbonyl (C=O) groups is 1. The normalized spacial score (nSPS) is 11.0. The van der Waals surface area contributed by atoms with Gasteiger partial charge in [0.15, 0.2) is 0 Å². The zero-order chi connectivity index (χ0) is 20.4. The molecule has 0 unspecified atom stereocenters. The van der Waals surface area contributed by atoms with Gasteiger partial charge in [0.25, 0.3) is 5.91 Å². The van der Waals surface area contributed by atoms with Crippen molar-refractivity contribution in [2.24, 2.45) is 0 Å². The number of aromatic nitrogens is 3. The topological polar surface area (TPSA) is 69.0 Å². The molecule has 0 fully saturated rings. The second-order valence-corrected chi connectivity index (χ2v) is 8.67. The number of nitrogens with one attached hydrogen (secondary N) is 1. The Balaban J connectivity index is 1.65. The molecule has 1 amide bonds. The number of ether oxygens (including phenoxy) is 1. The van der Waals surface area contributed by atoms with E-state index in [0.717, 1.165) is 32.3 Å². The first-order valence-electron chi connectivity index (χ1n) is 9.13. The van der Waals surface area contributed by atoms with Crippen molar-refractivity contribution in [1.82, 2.24) is 14.8 Å². The Bertz CT molecular complexity index is 1180. The van der Waals surface area contributed by atoms with E-state index in [-0.39, 0.29) is 5.91 Å². The molecule has 2 heterocycles. The molecule has 29 heavy (non-hydrogen) atoms. The summed E-state index contributed by atoms with van der Waals surface area (Å²) in [6.45, 7) is 3.98. The number of carbonyl (C=O) groups excluding carboxylic acids is 1. The SMILES string of the molecule is CCSc1cccc(C(=O)Nc2cc(C)nn2-c2nc3cc(OC)ccc3s2)c1. The molecular weight excluding hydrogens is 404 g/mol. The van der Waals surface area contributed by atoms with E-state index in [1.165, 1.54) is 11.3 Å². The zero-order valence-corrected chi connectivity index (χ0v) is 17.9. The Hall–Kier alpha value is -2.84. The highest BCUT2D eigenvalue weighted by atomic mass is 32.2. The van der Waals surface area contributed by atoms with Gasteiger partial charge in [-0.25, -0.2) is 4.98 Å². The number of benzene rings is 2. The number of aryl methyl sites for hydroxylation is 1. The van der Waals surface area contributed by atoms with Crippen LogP contribution >= 0.6 is 23.1 Å². The van der Waals surface area contributed by atoms with Gasteiger partial charge >= 0.3 is 0 Å². The maximum atomic E-state index is 12.8. The summed E-state index contributed by atoms with van der Waals surface area (Å²) >= 11 is 3.21. The number of rotatable bonds is 6. The zero-order valence-electron chi connectivity index (χ0n) is 16.3. The number of fused-ring (bicyclic) bond motifs is 1. The maximum Gasteiger partial charge on any atom is 0.256 e. The third kappa shape index (κ3) is 4.13. The lowest BCUT2D eigenvalue weighted by Gasteiger charge is -2.07. The summed E-state index contributed by atoms with van der Waals surface area (Å²) in [6.07, 6.45) is 0. The third-order valence-electron chi connectivity index (χ3n) is 4.24. The van der Waals surface area contributed by atoms with E-state index in [1.807, 2.05) is 55.5 Å². The first-order valence-corrected chi connectivity index (χ1v) is 10.9. The van der Waals surface area contributed by atoms with Crippen LogP contribution in [0.1, 0.15) is 23.0 Å². The summed E-state index contributed by atoms with van der Waals surface area (Å²) in [7, 11) is 1.63. The average Bonchev–Trinajstić information content (AvgIpc) is 3.30. The summed E-state index contributed by atoms with van der Waals surface area (Å²) in [5.41, 5.74) is 2.24. The fourth-order valence-corrected chi connectivity index (χ4v) is 4.56. The lowest BCUT2D eigenvalue weighted by Crippen LogP contribution is -2.15. The molecule has 2 aromatic heterocycles. The Morgan fingerprint density at radius 2 is 2.10 bits per heavy atom. The van der Waals surface area contributed by atoms with Crippen LogP contribution in [0.5, 0.6) is 5.75 Å². The van der Waals surface area contributed by atoms with Crippen LogP contribution in [0.15, 0.2) is 53.4 Å². The van der Waals surface area contributed by atoms with Gasteiger partial charge in [0, 0.05) is 22.6 Å². The average molecular weight is 425 g/mol. The molecule has 0 aliphatic rings. The fourth-order valence-electron chi connectivity index (χ4n) is 2.93. The van der Waals surface area contributed by atoms with Crippen molar-refractivity contribution < 1.29 is 9.53 Å². The number of thiazole rings is 1. The first-order chi connectivity index (χ1) is 14.1. The van der Waals surface area contributed by atoms with E-state index in [0.29, 0.717) is 16.5 Å². The lowest BCUT2D eigenvalue weighted by molar-refractivity contribution is 0.102. The highest BCUT2D eigenvalue weighted by Crippen LogP contribution is 2.30. The number of nitrogens with zero attached hydrogens (tertiary/aromatic N) is 3. The maximum absolute atomic E-state index is 12.8. The molecule has 1 N–H and O–H groups in total. The van der Waals surface area contributed by atoms with Crippen LogP contribution in [0, 0.1) is 6.92 Å². The highest BCUT2D eigenvalue weighted by Gasteiger charge is 2.16. The number of thioether (sulfide) groups is 1. The van der Waals surface area contributed by atoms with Crippen molar-refractivity contribution in [3.63, 3.8) is 0 Å². The van der Waals surface area contributed by atoms with Crippen molar-refractivity contribution in [2.45, 2.75) is 18.7 Å². The number of hydrogen-bond donors (Lipinski definition) is 1. The van der Waals surface area contributed by atoms with Crippen LogP contribution in [0.25, 0.3) is 15.3 Å². The Morgan fingerprint density at radius 1 is 1.24 bits per heavy atom. The Morgan fingerprint density at radius 3 is 2.90 bits per heavy atom. The van der Waals surface area contributed by atoms with Crippen LogP contribution in [0.3, 0.4) is 0 Å². The first kappa shape index (κ1) is 19.5.